The van der Waals surface area contributed by atoms with E-state index < -0.39 is 0 Å². The second kappa shape index (κ2) is 8.68. The van der Waals surface area contributed by atoms with Crippen molar-refractivity contribution in [1.29, 1.82) is 0 Å². The highest BCUT2D eigenvalue weighted by atomic mass is 16.3. The Morgan fingerprint density at radius 2 is 1.75 bits per heavy atom. The summed E-state index contributed by atoms with van der Waals surface area (Å²) in [5.74, 6) is -0.0184. The minimum Gasteiger partial charge on any atom is -0.395 e. The SMILES string of the molecule is Cc1ccccc1CN(C)C(=O)CN(CCO)CCO. The van der Waals surface area contributed by atoms with E-state index in [1.54, 1.807) is 16.8 Å². The van der Waals surface area contributed by atoms with E-state index in [9.17, 15) is 4.79 Å². The van der Waals surface area contributed by atoms with Crippen LogP contribution in [0.25, 0.3) is 0 Å². The van der Waals surface area contributed by atoms with E-state index in [0.29, 0.717) is 19.6 Å². The number of likely N-dealkylation sites (N-methyl/N-ethyl adjacent to an activating group) is 1. The quantitative estimate of drug-likeness (QED) is 0.716. The lowest BCUT2D eigenvalue weighted by molar-refractivity contribution is -0.131. The average Bonchev–Trinajstić information content (AvgIpc) is 2.41. The minimum atomic E-state index is -0.0191. The van der Waals surface area contributed by atoms with Crippen LogP contribution in [-0.4, -0.2) is 65.8 Å². The largest absolute Gasteiger partial charge is 0.395 e. The third kappa shape index (κ3) is 5.28. The van der Waals surface area contributed by atoms with Crippen molar-refractivity contribution in [2.75, 3.05) is 39.9 Å². The molecule has 0 heterocycles. The first kappa shape index (κ1) is 16.6. The highest BCUT2D eigenvalue weighted by Crippen LogP contribution is 2.09. The fourth-order valence-electron chi connectivity index (χ4n) is 2.00. The van der Waals surface area contributed by atoms with Crippen molar-refractivity contribution >= 4 is 5.91 Å². The molecule has 20 heavy (non-hydrogen) atoms. The highest BCUT2D eigenvalue weighted by Gasteiger charge is 2.14. The van der Waals surface area contributed by atoms with Crippen LogP contribution in [-0.2, 0) is 11.3 Å². The Morgan fingerprint density at radius 1 is 1.15 bits per heavy atom. The number of aliphatic hydroxyl groups excluding tert-OH is 2. The van der Waals surface area contributed by atoms with Crippen LogP contribution in [0.4, 0.5) is 0 Å². The molecule has 5 heteroatoms. The number of aryl methyl sites for hydroxylation is 1. The van der Waals surface area contributed by atoms with Gasteiger partial charge in [-0.2, -0.15) is 0 Å². The lowest BCUT2D eigenvalue weighted by atomic mass is 10.1. The molecule has 112 valence electrons. The van der Waals surface area contributed by atoms with Gasteiger partial charge in [-0.1, -0.05) is 24.3 Å². The summed E-state index contributed by atoms with van der Waals surface area (Å²) in [5, 5.41) is 17.9. The first-order chi connectivity index (χ1) is 9.58. The number of carbonyl (C=O) groups is 1. The topological polar surface area (TPSA) is 64.0 Å². The summed E-state index contributed by atoms with van der Waals surface area (Å²) in [6.45, 7) is 3.55. The van der Waals surface area contributed by atoms with Gasteiger partial charge in [0.2, 0.25) is 5.91 Å². The maximum absolute atomic E-state index is 12.1. The van der Waals surface area contributed by atoms with Crippen molar-refractivity contribution in [3.8, 4) is 0 Å². The highest BCUT2D eigenvalue weighted by molar-refractivity contribution is 5.78. The van der Waals surface area contributed by atoms with Gasteiger partial charge in [-0.15, -0.1) is 0 Å². The maximum atomic E-state index is 12.1. The number of aliphatic hydroxyl groups is 2. The van der Waals surface area contributed by atoms with Crippen LogP contribution in [0.2, 0.25) is 0 Å². The standard InChI is InChI=1S/C15H24N2O3/c1-13-5-3-4-6-14(13)11-16(2)15(20)12-17(7-9-18)8-10-19/h3-6,18-19H,7-12H2,1-2H3. The molecule has 0 aliphatic heterocycles. The zero-order valence-corrected chi connectivity index (χ0v) is 12.2. The van der Waals surface area contributed by atoms with Crippen molar-refractivity contribution in [3.63, 3.8) is 0 Å². The monoisotopic (exact) mass is 280 g/mol. The molecule has 0 atom stereocenters. The van der Waals surface area contributed by atoms with Crippen molar-refractivity contribution in [1.82, 2.24) is 9.80 Å². The summed E-state index contributed by atoms with van der Waals surface area (Å²) in [4.78, 5) is 15.6. The van der Waals surface area contributed by atoms with Crippen molar-refractivity contribution in [3.05, 3.63) is 35.4 Å². The minimum absolute atomic E-state index is 0.0184. The van der Waals surface area contributed by atoms with Crippen LogP contribution < -0.4 is 0 Å². The molecule has 0 aliphatic rings. The molecule has 0 saturated heterocycles. The van der Waals surface area contributed by atoms with Crippen molar-refractivity contribution < 1.29 is 15.0 Å². The Morgan fingerprint density at radius 3 is 2.30 bits per heavy atom. The Labute approximate surface area is 120 Å². The Kier molecular flexibility index (Phi) is 7.22. The second-order valence-corrected chi connectivity index (χ2v) is 4.90. The molecule has 0 aliphatic carbocycles. The first-order valence-corrected chi connectivity index (χ1v) is 6.81. The molecule has 0 aromatic heterocycles. The molecule has 0 unspecified atom stereocenters. The summed E-state index contributed by atoms with van der Waals surface area (Å²) in [6.07, 6.45) is 0. The van der Waals surface area contributed by atoms with E-state index in [1.807, 2.05) is 31.2 Å². The summed E-state index contributed by atoms with van der Waals surface area (Å²) in [7, 11) is 1.77. The summed E-state index contributed by atoms with van der Waals surface area (Å²) < 4.78 is 0. The summed E-state index contributed by atoms with van der Waals surface area (Å²) in [6, 6.07) is 7.98. The maximum Gasteiger partial charge on any atom is 0.236 e. The lowest BCUT2D eigenvalue weighted by Gasteiger charge is -2.24. The number of carbonyl (C=O) groups excluding carboxylic acids is 1. The number of benzene rings is 1. The molecule has 1 aromatic carbocycles. The predicted molar refractivity (Wildman–Crippen MR) is 78.3 cm³/mol. The molecule has 0 radical (unpaired) electrons. The van der Waals surface area contributed by atoms with E-state index in [0.717, 1.165) is 11.1 Å². The number of hydrogen-bond donors (Lipinski definition) is 2. The number of nitrogens with zero attached hydrogens (tertiary/aromatic N) is 2. The van der Waals surface area contributed by atoms with Gasteiger partial charge in [0.15, 0.2) is 0 Å². The Bertz CT molecular complexity index is 417. The van der Waals surface area contributed by atoms with E-state index in [4.69, 9.17) is 10.2 Å². The number of hydrogen-bond acceptors (Lipinski definition) is 4. The third-order valence-corrected chi connectivity index (χ3v) is 3.29. The van der Waals surface area contributed by atoms with Crippen molar-refractivity contribution in [2.24, 2.45) is 0 Å². The van der Waals surface area contributed by atoms with Gasteiger partial charge in [0.1, 0.15) is 0 Å². The zero-order valence-electron chi connectivity index (χ0n) is 12.2. The molecule has 2 N–H and O–H groups in total. The fraction of sp³-hybridized carbons (Fsp3) is 0.533. The normalized spacial score (nSPS) is 10.8. The first-order valence-electron chi connectivity index (χ1n) is 6.81. The predicted octanol–water partition coefficient (Wildman–Crippen LogP) is 0.240. The molecular weight excluding hydrogens is 256 g/mol. The Balaban J connectivity index is 2.56. The van der Waals surface area contributed by atoms with E-state index in [1.165, 1.54) is 0 Å². The molecule has 0 spiro atoms. The lowest BCUT2D eigenvalue weighted by Crippen LogP contribution is -2.40. The van der Waals surface area contributed by atoms with Crippen LogP contribution in [0, 0.1) is 6.92 Å². The van der Waals surface area contributed by atoms with E-state index in [-0.39, 0.29) is 25.7 Å². The van der Waals surface area contributed by atoms with E-state index in [2.05, 4.69) is 0 Å². The molecule has 5 nitrogen and oxygen atoms in total. The van der Waals surface area contributed by atoms with Crippen molar-refractivity contribution in [2.45, 2.75) is 13.5 Å². The summed E-state index contributed by atoms with van der Waals surface area (Å²) in [5.41, 5.74) is 2.29. The third-order valence-electron chi connectivity index (χ3n) is 3.29. The molecule has 1 rings (SSSR count). The van der Waals surface area contributed by atoms with Gasteiger partial charge in [-0.05, 0) is 18.1 Å². The van der Waals surface area contributed by atoms with Crippen LogP contribution >= 0.6 is 0 Å². The molecule has 0 saturated carbocycles. The van der Waals surface area contributed by atoms with Crippen LogP contribution in [0.3, 0.4) is 0 Å². The van der Waals surface area contributed by atoms with Crippen LogP contribution in [0.15, 0.2) is 24.3 Å². The van der Waals surface area contributed by atoms with Gasteiger partial charge in [-0.25, -0.2) is 0 Å². The Hall–Kier alpha value is -1.43. The molecular formula is C15H24N2O3. The molecule has 0 fully saturated rings. The van der Waals surface area contributed by atoms with Gasteiger partial charge in [0.05, 0.1) is 19.8 Å². The van der Waals surface area contributed by atoms with E-state index >= 15 is 0 Å². The van der Waals surface area contributed by atoms with Crippen LogP contribution in [0.1, 0.15) is 11.1 Å². The van der Waals surface area contributed by atoms with Crippen LogP contribution in [0.5, 0.6) is 0 Å². The summed E-state index contributed by atoms with van der Waals surface area (Å²) >= 11 is 0. The number of amides is 1. The van der Waals surface area contributed by atoms with Gasteiger partial charge in [0, 0.05) is 26.7 Å². The molecule has 1 amide bonds. The zero-order chi connectivity index (χ0) is 15.0. The average molecular weight is 280 g/mol. The van der Waals surface area contributed by atoms with Gasteiger partial charge < -0.3 is 15.1 Å². The van der Waals surface area contributed by atoms with Gasteiger partial charge >= 0.3 is 0 Å². The molecule has 0 bridgehead atoms. The second-order valence-electron chi connectivity index (χ2n) is 4.90. The molecule has 1 aromatic rings. The number of rotatable bonds is 8. The fourth-order valence-corrected chi connectivity index (χ4v) is 2.00. The van der Waals surface area contributed by atoms with Gasteiger partial charge in [-0.3, -0.25) is 9.69 Å². The van der Waals surface area contributed by atoms with Gasteiger partial charge in [0.25, 0.3) is 0 Å². The smallest absolute Gasteiger partial charge is 0.236 e.